The maximum Gasteiger partial charge on any atom is 0.196 e. The second-order valence-electron chi connectivity index (χ2n) is 5.05. The molecule has 0 atom stereocenters. The fourth-order valence-corrected chi connectivity index (χ4v) is 2.83. The van der Waals surface area contributed by atoms with Gasteiger partial charge >= 0.3 is 0 Å². The van der Waals surface area contributed by atoms with Crippen LogP contribution in [0.1, 0.15) is 27.0 Å². The molecule has 0 radical (unpaired) electrons. The molecule has 4 rings (SSSR count). The van der Waals surface area contributed by atoms with Gasteiger partial charge in [-0.15, -0.1) is 0 Å². The van der Waals surface area contributed by atoms with Gasteiger partial charge in [-0.2, -0.15) is 0 Å². The second kappa shape index (κ2) is 4.20. The molecule has 2 nitrogen and oxygen atoms in total. The molecule has 0 N–H and O–H groups in total. The van der Waals surface area contributed by atoms with E-state index in [-0.39, 0.29) is 5.78 Å². The van der Waals surface area contributed by atoms with E-state index in [4.69, 9.17) is 4.42 Å². The van der Waals surface area contributed by atoms with Crippen molar-refractivity contribution in [2.45, 2.75) is 6.42 Å². The van der Waals surface area contributed by atoms with Crippen LogP contribution in [0, 0.1) is 0 Å². The van der Waals surface area contributed by atoms with Crippen LogP contribution in [0.5, 0.6) is 0 Å². The standard InChI is InChI=1S/C18H12O2/c19-18(15-7-8-20-11-15)14-6-5-13-9-12-3-1-2-4-16(12)17(13)10-14/h1-8,10-11H,9H2. The van der Waals surface area contributed by atoms with E-state index in [2.05, 4.69) is 24.3 Å². The maximum absolute atomic E-state index is 12.4. The first-order valence-corrected chi connectivity index (χ1v) is 6.61. The molecule has 0 saturated carbocycles. The minimum absolute atomic E-state index is 0.00549. The smallest absolute Gasteiger partial charge is 0.196 e. The Kier molecular flexibility index (Phi) is 2.36. The Balaban J connectivity index is 1.82. The van der Waals surface area contributed by atoms with Crippen molar-refractivity contribution in [1.82, 2.24) is 0 Å². The molecule has 0 spiro atoms. The Morgan fingerprint density at radius 2 is 1.75 bits per heavy atom. The van der Waals surface area contributed by atoms with Crippen molar-refractivity contribution in [2.75, 3.05) is 0 Å². The lowest BCUT2D eigenvalue weighted by Crippen LogP contribution is -2.00. The van der Waals surface area contributed by atoms with Crippen molar-refractivity contribution in [3.63, 3.8) is 0 Å². The molecule has 20 heavy (non-hydrogen) atoms. The van der Waals surface area contributed by atoms with Crippen molar-refractivity contribution in [3.05, 3.63) is 83.3 Å². The minimum Gasteiger partial charge on any atom is -0.472 e. The summed E-state index contributed by atoms with van der Waals surface area (Å²) in [6.45, 7) is 0. The molecule has 2 heteroatoms. The van der Waals surface area contributed by atoms with Crippen LogP contribution in [0.15, 0.2) is 65.5 Å². The quantitative estimate of drug-likeness (QED) is 0.508. The van der Waals surface area contributed by atoms with Gasteiger partial charge in [0.2, 0.25) is 0 Å². The highest BCUT2D eigenvalue weighted by Crippen LogP contribution is 2.37. The fourth-order valence-electron chi connectivity index (χ4n) is 2.83. The van der Waals surface area contributed by atoms with Gasteiger partial charge in [-0.05, 0) is 40.8 Å². The number of fused-ring (bicyclic) bond motifs is 3. The van der Waals surface area contributed by atoms with E-state index in [1.807, 2.05) is 18.2 Å². The molecule has 0 amide bonds. The Labute approximate surface area is 116 Å². The number of carbonyl (C=O) groups is 1. The summed E-state index contributed by atoms with van der Waals surface area (Å²) in [5.41, 5.74) is 6.34. The first kappa shape index (κ1) is 11.2. The molecular weight excluding hydrogens is 248 g/mol. The van der Waals surface area contributed by atoms with Crippen LogP contribution in [0.4, 0.5) is 0 Å². The zero-order valence-electron chi connectivity index (χ0n) is 10.8. The Morgan fingerprint density at radius 1 is 0.900 bits per heavy atom. The van der Waals surface area contributed by atoms with Gasteiger partial charge in [0.1, 0.15) is 6.26 Å². The van der Waals surface area contributed by atoms with Crippen LogP contribution in [0.25, 0.3) is 11.1 Å². The van der Waals surface area contributed by atoms with E-state index < -0.39 is 0 Å². The zero-order valence-corrected chi connectivity index (χ0v) is 10.8. The van der Waals surface area contributed by atoms with Gasteiger partial charge in [0.05, 0.1) is 11.8 Å². The number of furan rings is 1. The van der Waals surface area contributed by atoms with Crippen LogP contribution in [-0.2, 0) is 6.42 Å². The summed E-state index contributed by atoms with van der Waals surface area (Å²) in [5, 5.41) is 0. The largest absolute Gasteiger partial charge is 0.472 e. The molecule has 2 aromatic carbocycles. The highest BCUT2D eigenvalue weighted by molar-refractivity contribution is 6.09. The normalized spacial score (nSPS) is 12.0. The molecule has 1 heterocycles. The average molecular weight is 260 g/mol. The first-order chi connectivity index (χ1) is 9.83. The molecule has 0 unspecified atom stereocenters. The predicted molar refractivity (Wildman–Crippen MR) is 76.8 cm³/mol. The molecule has 1 aliphatic carbocycles. The van der Waals surface area contributed by atoms with Crippen LogP contribution < -0.4 is 0 Å². The van der Waals surface area contributed by atoms with Crippen LogP contribution in [0.2, 0.25) is 0 Å². The highest BCUT2D eigenvalue weighted by atomic mass is 16.3. The lowest BCUT2D eigenvalue weighted by molar-refractivity contribution is 0.103. The molecule has 0 aliphatic heterocycles. The first-order valence-electron chi connectivity index (χ1n) is 6.61. The third-order valence-corrected chi connectivity index (χ3v) is 3.84. The van der Waals surface area contributed by atoms with Gasteiger partial charge < -0.3 is 4.42 Å². The number of hydrogen-bond donors (Lipinski definition) is 0. The summed E-state index contributed by atoms with van der Waals surface area (Å²) in [6, 6.07) is 16.0. The number of hydrogen-bond acceptors (Lipinski definition) is 2. The third kappa shape index (κ3) is 1.62. The maximum atomic E-state index is 12.4. The summed E-state index contributed by atoms with van der Waals surface area (Å²) in [4.78, 5) is 12.4. The molecule has 0 bridgehead atoms. The van der Waals surface area contributed by atoms with Gasteiger partial charge in [0, 0.05) is 5.56 Å². The van der Waals surface area contributed by atoms with E-state index in [9.17, 15) is 4.79 Å². The predicted octanol–water partition coefficient (Wildman–Crippen LogP) is 4.08. The molecule has 96 valence electrons. The third-order valence-electron chi connectivity index (χ3n) is 3.84. The topological polar surface area (TPSA) is 30.2 Å². The molecule has 3 aromatic rings. The van der Waals surface area contributed by atoms with Gasteiger partial charge in [-0.3, -0.25) is 4.79 Å². The van der Waals surface area contributed by atoms with Crippen LogP contribution in [-0.4, -0.2) is 5.78 Å². The van der Waals surface area contributed by atoms with Gasteiger partial charge in [0.15, 0.2) is 5.78 Å². The van der Waals surface area contributed by atoms with E-state index >= 15 is 0 Å². The lowest BCUT2D eigenvalue weighted by atomic mass is 9.99. The summed E-state index contributed by atoms with van der Waals surface area (Å²) in [7, 11) is 0. The lowest BCUT2D eigenvalue weighted by Gasteiger charge is -2.04. The zero-order chi connectivity index (χ0) is 13.5. The average Bonchev–Trinajstić information content (AvgIpc) is 3.13. The number of carbonyl (C=O) groups excluding carboxylic acids is 1. The van der Waals surface area contributed by atoms with Crippen LogP contribution in [0.3, 0.4) is 0 Å². The minimum atomic E-state index is 0.00549. The SMILES string of the molecule is O=C(c1ccoc1)c1ccc2c(c1)-c1ccccc1C2. The summed E-state index contributed by atoms with van der Waals surface area (Å²) in [6.07, 6.45) is 3.96. The Bertz CT molecular complexity index is 798. The van der Waals surface area contributed by atoms with Crippen molar-refractivity contribution in [3.8, 4) is 11.1 Å². The van der Waals surface area contributed by atoms with Crippen molar-refractivity contribution < 1.29 is 9.21 Å². The van der Waals surface area contributed by atoms with Crippen LogP contribution >= 0.6 is 0 Å². The van der Waals surface area contributed by atoms with Crippen molar-refractivity contribution in [1.29, 1.82) is 0 Å². The van der Waals surface area contributed by atoms with E-state index in [1.165, 1.54) is 34.8 Å². The summed E-state index contributed by atoms with van der Waals surface area (Å²) >= 11 is 0. The monoisotopic (exact) mass is 260 g/mol. The molecule has 0 saturated heterocycles. The fraction of sp³-hybridized carbons (Fsp3) is 0.0556. The Morgan fingerprint density at radius 3 is 2.60 bits per heavy atom. The van der Waals surface area contributed by atoms with Crippen molar-refractivity contribution >= 4 is 5.78 Å². The molecule has 1 aliphatic rings. The van der Waals surface area contributed by atoms with Gasteiger partial charge in [-0.1, -0.05) is 36.4 Å². The summed E-state index contributed by atoms with van der Waals surface area (Å²) in [5.74, 6) is 0.00549. The van der Waals surface area contributed by atoms with E-state index in [0.717, 1.165) is 6.42 Å². The molecule has 0 fully saturated rings. The van der Waals surface area contributed by atoms with Gasteiger partial charge in [-0.25, -0.2) is 0 Å². The number of ketones is 1. The highest BCUT2D eigenvalue weighted by Gasteiger charge is 2.20. The second-order valence-corrected chi connectivity index (χ2v) is 5.05. The van der Waals surface area contributed by atoms with Crippen molar-refractivity contribution in [2.24, 2.45) is 0 Å². The van der Waals surface area contributed by atoms with Gasteiger partial charge in [0.25, 0.3) is 0 Å². The Hall–Kier alpha value is -2.61. The number of benzene rings is 2. The number of rotatable bonds is 2. The molecule has 1 aromatic heterocycles. The van der Waals surface area contributed by atoms with E-state index in [0.29, 0.717) is 11.1 Å². The van der Waals surface area contributed by atoms with E-state index in [1.54, 1.807) is 6.07 Å². The summed E-state index contributed by atoms with van der Waals surface area (Å²) < 4.78 is 4.99. The molecular formula is C18H12O2.